The Morgan fingerprint density at radius 2 is 1.14 bits per heavy atom. The topological polar surface area (TPSA) is 63.2 Å². The van der Waals surface area contributed by atoms with Crippen LogP contribution in [0.2, 0.25) is 0 Å². The van der Waals surface area contributed by atoms with Crippen LogP contribution in [0.3, 0.4) is 0 Å². The zero-order chi connectivity index (χ0) is 25.9. The molecule has 186 valence electrons. The molecule has 0 saturated carbocycles. The number of methoxy groups -OCH3 is 5. The summed E-state index contributed by atoms with van der Waals surface area (Å²) >= 11 is 0. The van der Waals surface area contributed by atoms with Crippen molar-refractivity contribution in [3.8, 4) is 28.7 Å². The van der Waals surface area contributed by atoms with Crippen LogP contribution in [0.15, 0.2) is 66.7 Å². The molecule has 0 aromatic heterocycles. The smallest absolute Gasteiger partial charge is 0.178 e. The lowest BCUT2D eigenvalue weighted by atomic mass is 10.0. The molecule has 0 fully saturated rings. The molecule has 0 saturated heterocycles. The van der Waals surface area contributed by atoms with E-state index in [9.17, 15) is 4.79 Å². The van der Waals surface area contributed by atoms with Crippen LogP contribution in [-0.4, -0.2) is 41.3 Å². The van der Waals surface area contributed by atoms with Gasteiger partial charge in [0.2, 0.25) is 0 Å². The first kappa shape index (κ1) is 26.2. The van der Waals surface area contributed by atoms with E-state index in [0.717, 1.165) is 28.0 Å². The Balaban J connectivity index is 1.88. The van der Waals surface area contributed by atoms with Crippen molar-refractivity contribution in [1.82, 2.24) is 0 Å². The first-order chi connectivity index (χ1) is 17.5. The molecule has 0 aliphatic heterocycles. The van der Waals surface area contributed by atoms with Crippen molar-refractivity contribution < 1.29 is 28.5 Å². The van der Waals surface area contributed by atoms with Gasteiger partial charge >= 0.3 is 0 Å². The number of allylic oxidation sites excluding steroid dienone is 2. The average molecular weight is 487 g/mol. The summed E-state index contributed by atoms with van der Waals surface area (Å²) in [5.74, 6) is 3.14. The Labute approximate surface area is 212 Å². The monoisotopic (exact) mass is 486 g/mol. The van der Waals surface area contributed by atoms with Crippen LogP contribution in [0.5, 0.6) is 28.7 Å². The first-order valence-corrected chi connectivity index (χ1v) is 11.2. The van der Waals surface area contributed by atoms with Crippen molar-refractivity contribution in [1.29, 1.82) is 0 Å². The predicted octanol–water partition coefficient (Wildman–Crippen LogP) is 6.20. The predicted molar refractivity (Wildman–Crippen MR) is 144 cm³/mol. The molecule has 0 amide bonds. The summed E-state index contributed by atoms with van der Waals surface area (Å²) in [4.78, 5) is 12.6. The molecule has 3 aromatic rings. The number of ether oxygens (including phenoxy) is 5. The summed E-state index contributed by atoms with van der Waals surface area (Å²) in [5.41, 5.74) is 3.39. The third kappa shape index (κ3) is 7.03. The molecule has 3 rings (SSSR count). The maximum Gasteiger partial charge on any atom is 0.178 e. The largest absolute Gasteiger partial charge is 0.497 e. The summed E-state index contributed by atoms with van der Waals surface area (Å²) < 4.78 is 26.8. The molecule has 0 atom stereocenters. The summed E-state index contributed by atoms with van der Waals surface area (Å²) in [6, 6.07) is 16.8. The normalized spacial score (nSPS) is 11.2. The Kier molecular flexibility index (Phi) is 9.34. The number of ketones is 1. The van der Waals surface area contributed by atoms with E-state index in [1.807, 2.05) is 54.6 Å². The van der Waals surface area contributed by atoms with Crippen LogP contribution in [0.1, 0.15) is 22.3 Å². The second-order valence-electron chi connectivity index (χ2n) is 7.65. The molecule has 0 heterocycles. The van der Waals surface area contributed by atoms with E-state index in [0.29, 0.717) is 23.0 Å². The molecule has 0 unspecified atom stereocenters. The molecular formula is C30H30O6. The van der Waals surface area contributed by atoms with Gasteiger partial charge in [-0.25, -0.2) is 0 Å². The number of rotatable bonds is 11. The maximum atomic E-state index is 12.6. The van der Waals surface area contributed by atoms with Crippen LogP contribution >= 0.6 is 0 Å². The van der Waals surface area contributed by atoms with Crippen molar-refractivity contribution in [2.24, 2.45) is 0 Å². The molecular weight excluding hydrogens is 456 g/mol. The van der Waals surface area contributed by atoms with Crippen LogP contribution in [0.25, 0.3) is 24.3 Å². The minimum absolute atomic E-state index is 0.181. The van der Waals surface area contributed by atoms with E-state index in [2.05, 4.69) is 0 Å². The quantitative estimate of drug-likeness (QED) is 0.238. The number of benzene rings is 3. The van der Waals surface area contributed by atoms with Gasteiger partial charge in [0.15, 0.2) is 5.78 Å². The molecule has 0 spiro atoms. The van der Waals surface area contributed by atoms with Crippen LogP contribution < -0.4 is 23.7 Å². The zero-order valence-corrected chi connectivity index (χ0v) is 21.1. The lowest BCUT2D eigenvalue weighted by Crippen LogP contribution is -1.94. The molecule has 6 heteroatoms. The van der Waals surface area contributed by atoms with E-state index in [1.54, 1.807) is 59.8 Å². The van der Waals surface area contributed by atoms with Gasteiger partial charge in [0.25, 0.3) is 0 Å². The van der Waals surface area contributed by atoms with Gasteiger partial charge in [-0.2, -0.15) is 0 Å². The van der Waals surface area contributed by atoms with Gasteiger partial charge in [0.1, 0.15) is 28.7 Å². The fourth-order valence-corrected chi connectivity index (χ4v) is 3.45. The van der Waals surface area contributed by atoms with E-state index in [-0.39, 0.29) is 5.78 Å². The van der Waals surface area contributed by atoms with E-state index in [1.165, 1.54) is 12.2 Å². The van der Waals surface area contributed by atoms with Crippen LogP contribution in [0.4, 0.5) is 0 Å². The van der Waals surface area contributed by atoms with Gasteiger partial charge in [0, 0.05) is 17.7 Å². The first-order valence-electron chi connectivity index (χ1n) is 11.2. The second kappa shape index (κ2) is 12.9. The highest BCUT2D eigenvalue weighted by Gasteiger charge is 2.09. The lowest BCUT2D eigenvalue weighted by molar-refractivity contribution is -0.110. The van der Waals surface area contributed by atoms with Crippen molar-refractivity contribution >= 4 is 30.1 Å². The fourth-order valence-electron chi connectivity index (χ4n) is 3.45. The minimum atomic E-state index is -0.181. The molecule has 0 radical (unpaired) electrons. The third-order valence-electron chi connectivity index (χ3n) is 5.40. The summed E-state index contributed by atoms with van der Waals surface area (Å²) in [7, 11) is 7.98. The zero-order valence-electron chi connectivity index (χ0n) is 21.1. The standard InChI is InChI=1S/C30H30O6/c1-32-25-13-8-21(9-14-25)6-10-23-18-28(35-4)20-30(36-5)29(23)15-12-24(31)11-7-22-16-26(33-2)19-27(17-22)34-3/h6-20H,1-5H3/b10-6+,11-7+,15-12+. The van der Waals surface area contributed by atoms with E-state index >= 15 is 0 Å². The molecule has 0 aliphatic carbocycles. The SMILES string of the molecule is COc1ccc(/C=C/c2cc(OC)cc(OC)c2/C=C/C(=O)/C=C/c2cc(OC)cc(OC)c2)cc1. The van der Waals surface area contributed by atoms with E-state index < -0.39 is 0 Å². The number of carbonyl (C=O) groups is 1. The lowest BCUT2D eigenvalue weighted by Gasteiger charge is -2.11. The van der Waals surface area contributed by atoms with Crippen molar-refractivity contribution in [3.63, 3.8) is 0 Å². The van der Waals surface area contributed by atoms with Crippen molar-refractivity contribution in [3.05, 3.63) is 89.0 Å². The van der Waals surface area contributed by atoms with Gasteiger partial charge in [-0.1, -0.05) is 30.4 Å². The highest BCUT2D eigenvalue weighted by atomic mass is 16.5. The van der Waals surface area contributed by atoms with Gasteiger partial charge < -0.3 is 23.7 Å². The number of hydrogen-bond acceptors (Lipinski definition) is 6. The number of hydrogen-bond donors (Lipinski definition) is 0. The van der Waals surface area contributed by atoms with Gasteiger partial charge in [0.05, 0.1) is 35.5 Å². The average Bonchev–Trinajstić information content (AvgIpc) is 2.93. The summed E-state index contributed by atoms with van der Waals surface area (Å²) in [5, 5.41) is 0. The summed E-state index contributed by atoms with van der Waals surface area (Å²) in [6.07, 6.45) is 10.4. The molecule has 36 heavy (non-hydrogen) atoms. The highest BCUT2D eigenvalue weighted by Crippen LogP contribution is 2.31. The minimum Gasteiger partial charge on any atom is -0.497 e. The molecule has 0 bridgehead atoms. The second-order valence-corrected chi connectivity index (χ2v) is 7.65. The van der Waals surface area contributed by atoms with Crippen LogP contribution in [0, 0.1) is 0 Å². The van der Waals surface area contributed by atoms with E-state index in [4.69, 9.17) is 23.7 Å². The Bertz CT molecular complexity index is 1250. The van der Waals surface area contributed by atoms with Gasteiger partial charge in [-0.05, 0) is 65.3 Å². The molecule has 6 nitrogen and oxygen atoms in total. The highest BCUT2D eigenvalue weighted by molar-refractivity contribution is 6.05. The fraction of sp³-hybridized carbons (Fsp3) is 0.167. The van der Waals surface area contributed by atoms with Crippen molar-refractivity contribution in [2.75, 3.05) is 35.5 Å². The Morgan fingerprint density at radius 3 is 1.72 bits per heavy atom. The maximum absolute atomic E-state index is 12.6. The third-order valence-corrected chi connectivity index (χ3v) is 5.40. The Morgan fingerprint density at radius 1 is 0.556 bits per heavy atom. The van der Waals surface area contributed by atoms with Crippen molar-refractivity contribution in [2.45, 2.75) is 0 Å². The molecule has 0 aliphatic rings. The molecule has 0 N–H and O–H groups in total. The van der Waals surface area contributed by atoms with Crippen LogP contribution in [-0.2, 0) is 4.79 Å². The number of carbonyl (C=O) groups excluding carboxylic acids is 1. The summed E-state index contributed by atoms with van der Waals surface area (Å²) in [6.45, 7) is 0. The molecule has 3 aromatic carbocycles. The Hall–Kier alpha value is -4.45. The van der Waals surface area contributed by atoms with Gasteiger partial charge in [-0.15, -0.1) is 0 Å². The van der Waals surface area contributed by atoms with Gasteiger partial charge in [-0.3, -0.25) is 4.79 Å².